The van der Waals surface area contributed by atoms with Gasteiger partial charge >= 0.3 is 0 Å². The second-order valence-electron chi connectivity index (χ2n) is 5.94. The zero-order valence-electron chi connectivity index (χ0n) is 14.9. The lowest BCUT2D eigenvalue weighted by Crippen LogP contribution is -2.30. The van der Waals surface area contributed by atoms with Gasteiger partial charge in [0.15, 0.2) is 0 Å². The smallest absolute Gasteiger partial charge is 0.247 e. The van der Waals surface area contributed by atoms with Crippen LogP contribution in [0.1, 0.15) is 22.4 Å². The summed E-state index contributed by atoms with van der Waals surface area (Å²) in [7, 11) is -7.44. The van der Waals surface area contributed by atoms with Gasteiger partial charge in [-0.25, -0.2) is 26.7 Å². The summed E-state index contributed by atoms with van der Waals surface area (Å²) in [6.45, 7) is 3.81. The number of hydrogen-bond acceptors (Lipinski definition) is 6. The molecule has 0 spiro atoms. The molecule has 0 aliphatic rings. The predicted molar refractivity (Wildman–Crippen MR) is 103 cm³/mol. The first kappa shape index (κ1) is 21.5. The van der Waals surface area contributed by atoms with Crippen LogP contribution in [0.4, 0.5) is 0 Å². The Morgan fingerprint density at radius 3 is 2.37 bits per heavy atom. The first-order valence-corrected chi connectivity index (χ1v) is 11.8. The molecule has 0 radical (unpaired) electrons. The van der Waals surface area contributed by atoms with Crippen LogP contribution in [0.5, 0.6) is 0 Å². The number of aryl methyl sites for hydroxylation is 2. The highest BCUT2D eigenvalue weighted by Gasteiger charge is 2.15. The Hall–Kier alpha value is -1.79. The van der Waals surface area contributed by atoms with E-state index in [1.54, 1.807) is 18.2 Å². The molecule has 148 valence electrons. The molecule has 11 heteroatoms. The summed E-state index contributed by atoms with van der Waals surface area (Å²) in [5, 5.41) is 7.64. The Morgan fingerprint density at radius 2 is 1.78 bits per heavy atom. The van der Waals surface area contributed by atoms with Crippen molar-refractivity contribution in [2.75, 3.05) is 6.54 Å². The molecule has 0 unspecified atom stereocenters. The number of carbonyl (C=O) groups excluding carboxylic acids is 1. The third-order valence-corrected chi connectivity index (χ3v) is 7.79. The standard InChI is InChI=1S/C16H21N3O5S3/c1-11-3-5-14(9-12(11)2)27(23,24)19-8-7-15(20)18-10-13-4-6-16(25-13)26(17,21)22/h3-6,9,19H,7-8,10H2,1-2H3,(H,18,20)(H2,17,21,22). The van der Waals surface area contributed by atoms with Crippen molar-refractivity contribution in [3.8, 4) is 0 Å². The molecule has 2 rings (SSSR count). The molecular formula is C16H21N3O5S3. The second-order valence-corrected chi connectivity index (χ2v) is 10.7. The van der Waals surface area contributed by atoms with E-state index in [1.807, 2.05) is 13.8 Å². The van der Waals surface area contributed by atoms with Crippen LogP contribution in [0.3, 0.4) is 0 Å². The molecule has 0 fully saturated rings. The molecule has 2 aromatic rings. The Morgan fingerprint density at radius 1 is 1.07 bits per heavy atom. The molecule has 0 aliphatic carbocycles. The fourth-order valence-corrected chi connectivity index (χ4v) is 4.98. The van der Waals surface area contributed by atoms with E-state index in [0.29, 0.717) is 4.88 Å². The van der Waals surface area contributed by atoms with Gasteiger partial charge in [0.05, 0.1) is 11.4 Å². The summed E-state index contributed by atoms with van der Waals surface area (Å²) in [4.78, 5) is 12.6. The molecule has 8 nitrogen and oxygen atoms in total. The third kappa shape index (κ3) is 6.11. The van der Waals surface area contributed by atoms with Gasteiger partial charge in [-0.05, 0) is 49.2 Å². The monoisotopic (exact) mass is 431 g/mol. The van der Waals surface area contributed by atoms with Crippen LogP contribution < -0.4 is 15.2 Å². The number of amides is 1. The Bertz CT molecular complexity index is 1040. The number of rotatable bonds is 8. The first-order valence-electron chi connectivity index (χ1n) is 7.94. The predicted octanol–water partition coefficient (Wildman–Crippen LogP) is 0.997. The zero-order valence-corrected chi connectivity index (χ0v) is 17.3. The van der Waals surface area contributed by atoms with Crippen molar-refractivity contribution in [1.29, 1.82) is 0 Å². The summed E-state index contributed by atoms with van der Waals surface area (Å²) >= 11 is 0.970. The van der Waals surface area contributed by atoms with Crippen LogP contribution in [-0.2, 0) is 31.4 Å². The van der Waals surface area contributed by atoms with E-state index >= 15 is 0 Å². The third-order valence-electron chi connectivity index (χ3n) is 3.81. The van der Waals surface area contributed by atoms with Gasteiger partial charge in [0.25, 0.3) is 0 Å². The van der Waals surface area contributed by atoms with Crippen LogP contribution in [0.15, 0.2) is 39.4 Å². The average Bonchev–Trinajstić information content (AvgIpc) is 3.04. The summed E-state index contributed by atoms with van der Waals surface area (Å²) < 4.78 is 49.3. The number of nitrogens with one attached hydrogen (secondary N) is 2. The van der Waals surface area contributed by atoms with Crippen LogP contribution in [0.25, 0.3) is 0 Å². The fourth-order valence-electron chi connectivity index (χ4n) is 2.14. The molecule has 1 aromatic heterocycles. The summed E-state index contributed by atoms with van der Waals surface area (Å²) in [6.07, 6.45) is -0.0442. The average molecular weight is 432 g/mol. The number of primary sulfonamides is 1. The summed E-state index contributed by atoms with van der Waals surface area (Å²) in [5.74, 6) is -0.358. The maximum absolute atomic E-state index is 12.2. The molecule has 1 heterocycles. The Labute approximate surface area is 162 Å². The lowest BCUT2D eigenvalue weighted by atomic mass is 10.1. The van der Waals surface area contributed by atoms with Crippen LogP contribution in [-0.4, -0.2) is 29.3 Å². The van der Waals surface area contributed by atoms with Crippen molar-refractivity contribution in [3.05, 3.63) is 46.3 Å². The highest BCUT2D eigenvalue weighted by Crippen LogP contribution is 2.20. The molecule has 0 atom stereocenters. The normalized spacial score (nSPS) is 12.1. The van der Waals surface area contributed by atoms with E-state index < -0.39 is 20.0 Å². The van der Waals surface area contributed by atoms with E-state index in [9.17, 15) is 21.6 Å². The van der Waals surface area contributed by atoms with E-state index in [4.69, 9.17) is 5.14 Å². The van der Waals surface area contributed by atoms with Gasteiger partial charge in [0.2, 0.25) is 26.0 Å². The zero-order chi connectivity index (χ0) is 20.2. The lowest BCUT2D eigenvalue weighted by Gasteiger charge is -2.09. The van der Waals surface area contributed by atoms with Gasteiger partial charge < -0.3 is 5.32 Å². The number of benzene rings is 1. The largest absolute Gasteiger partial charge is 0.351 e. The molecule has 27 heavy (non-hydrogen) atoms. The van der Waals surface area contributed by atoms with Crippen molar-refractivity contribution < 1.29 is 21.6 Å². The van der Waals surface area contributed by atoms with E-state index in [0.717, 1.165) is 22.5 Å². The van der Waals surface area contributed by atoms with Crippen LogP contribution >= 0.6 is 11.3 Å². The Kier molecular flexibility index (Phi) is 6.76. The quantitative estimate of drug-likeness (QED) is 0.573. The summed E-state index contributed by atoms with van der Waals surface area (Å²) in [6, 6.07) is 7.77. The van der Waals surface area contributed by atoms with Gasteiger partial charge in [-0.3, -0.25) is 4.79 Å². The minimum atomic E-state index is -3.75. The molecule has 0 bridgehead atoms. The number of hydrogen-bond donors (Lipinski definition) is 3. The number of nitrogens with two attached hydrogens (primary N) is 1. The number of thiophene rings is 1. The fraction of sp³-hybridized carbons (Fsp3) is 0.312. The molecule has 0 saturated heterocycles. The SMILES string of the molecule is Cc1ccc(S(=O)(=O)NCCC(=O)NCc2ccc(S(N)(=O)=O)s2)cc1C. The minimum Gasteiger partial charge on any atom is -0.351 e. The molecular weight excluding hydrogens is 410 g/mol. The number of sulfonamides is 2. The van der Waals surface area contributed by atoms with Gasteiger partial charge in [0, 0.05) is 17.8 Å². The topological polar surface area (TPSA) is 135 Å². The molecule has 1 aromatic carbocycles. The second kappa shape index (κ2) is 8.48. The molecule has 0 saturated carbocycles. The van der Waals surface area contributed by atoms with Crippen molar-refractivity contribution in [1.82, 2.24) is 10.0 Å². The molecule has 1 amide bonds. The summed E-state index contributed by atoms with van der Waals surface area (Å²) in [5.41, 5.74) is 1.86. The van der Waals surface area contributed by atoms with Gasteiger partial charge in [-0.15, -0.1) is 11.3 Å². The van der Waals surface area contributed by atoms with Crippen LogP contribution in [0, 0.1) is 13.8 Å². The first-order chi connectivity index (χ1) is 12.5. The molecule has 4 N–H and O–H groups in total. The van der Waals surface area contributed by atoms with Crippen molar-refractivity contribution in [2.45, 2.75) is 35.9 Å². The molecule has 0 aliphatic heterocycles. The van der Waals surface area contributed by atoms with Gasteiger partial charge in [0.1, 0.15) is 4.21 Å². The lowest BCUT2D eigenvalue weighted by molar-refractivity contribution is -0.121. The van der Waals surface area contributed by atoms with Gasteiger partial charge in [-0.2, -0.15) is 0 Å². The van der Waals surface area contributed by atoms with E-state index in [1.165, 1.54) is 12.1 Å². The minimum absolute atomic E-state index is 0.0212. The van der Waals surface area contributed by atoms with E-state index in [-0.39, 0.29) is 34.5 Å². The Balaban J connectivity index is 1.83. The van der Waals surface area contributed by atoms with Gasteiger partial charge in [-0.1, -0.05) is 6.07 Å². The number of carbonyl (C=O) groups is 1. The highest BCUT2D eigenvalue weighted by atomic mass is 32.2. The van der Waals surface area contributed by atoms with Crippen molar-refractivity contribution in [2.24, 2.45) is 5.14 Å². The van der Waals surface area contributed by atoms with Crippen molar-refractivity contribution >= 4 is 37.3 Å². The van der Waals surface area contributed by atoms with E-state index in [2.05, 4.69) is 10.0 Å². The van der Waals surface area contributed by atoms with Crippen molar-refractivity contribution in [3.63, 3.8) is 0 Å². The maximum atomic E-state index is 12.2. The highest BCUT2D eigenvalue weighted by molar-refractivity contribution is 7.91. The maximum Gasteiger partial charge on any atom is 0.247 e. The van der Waals surface area contributed by atoms with Crippen LogP contribution in [0.2, 0.25) is 0 Å².